The Morgan fingerprint density at radius 3 is 2.35 bits per heavy atom. The molecular weight excluding hydrogens is 203 g/mol. The molecule has 0 amide bonds. The van der Waals surface area contributed by atoms with Crippen LogP contribution in [0.25, 0.3) is 0 Å². The fourth-order valence-corrected chi connectivity index (χ4v) is 1.32. The normalized spacial score (nSPS) is 13.6. The molecule has 0 heterocycles. The summed E-state index contributed by atoms with van der Waals surface area (Å²) in [7, 11) is 1.99. The molecule has 1 aliphatic rings. The van der Waals surface area contributed by atoms with Gasteiger partial charge >= 0.3 is 18.9 Å². The molecule has 17 heavy (non-hydrogen) atoms. The number of rotatable bonds is 3. The Balaban J connectivity index is 0.000000324. The van der Waals surface area contributed by atoms with E-state index in [0.717, 1.165) is 24.7 Å². The molecule has 0 aliphatic heterocycles. The predicted octanol–water partition coefficient (Wildman–Crippen LogP) is -0.463. The molecule has 1 aliphatic carbocycles. The largest absolute Gasteiger partial charge is 1.00 e. The van der Waals surface area contributed by atoms with Crippen molar-refractivity contribution < 1.29 is 18.9 Å². The standard InChI is InChI=1S/C9H10N.C5H11N.Li/c10-9-4-2-1-3-8(9)7-5-6-7;1-4-6(3)5-2;/h2-4,7H,5-6,10H2;1-2,4-5H2,3H3;/q-1;-2;+1. The van der Waals surface area contributed by atoms with E-state index in [-0.39, 0.29) is 18.9 Å². The van der Waals surface area contributed by atoms with E-state index in [4.69, 9.17) is 5.73 Å². The minimum absolute atomic E-state index is 0. The van der Waals surface area contributed by atoms with Gasteiger partial charge in [0.15, 0.2) is 0 Å². The van der Waals surface area contributed by atoms with Gasteiger partial charge in [-0.2, -0.15) is 18.2 Å². The summed E-state index contributed by atoms with van der Waals surface area (Å²) >= 11 is 0. The Labute approximate surface area is 118 Å². The van der Waals surface area contributed by atoms with Crippen LogP contribution in [-0.4, -0.2) is 25.0 Å². The van der Waals surface area contributed by atoms with Crippen molar-refractivity contribution in [2.45, 2.75) is 18.8 Å². The molecule has 90 valence electrons. The van der Waals surface area contributed by atoms with E-state index < -0.39 is 0 Å². The van der Waals surface area contributed by atoms with E-state index in [1.54, 1.807) is 0 Å². The second kappa shape index (κ2) is 8.64. The first-order valence-corrected chi connectivity index (χ1v) is 5.71. The molecule has 0 radical (unpaired) electrons. The third kappa shape index (κ3) is 6.17. The van der Waals surface area contributed by atoms with Crippen LogP contribution in [0.4, 0.5) is 5.69 Å². The first-order valence-electron chi connectivity index (χ1n) is 5.71. The van der Waals surface area contributed by atoms with Crippen LogP contribution < -0.4 is 24.6 Å². The molecule has 2 N–H and O–H groups in total. The summed E-state index contributed by atoms with van der Waals surface area (Å²) < 4.78 is 0. The van der Waals surface area contributed by atoms with Gasteiger partial charge in [0.05, 0.1) is 0 Å². The minimum Gasteiger partial charge on any atom is -0.419 e. The van der Waals surface area contributed by atoms with Crippen molar-refractivity contribution in [3.63, 3.8) is 0 Å². The van der Waals surface area contributed by atoms with Crippen molar-refractivity contribution in [2.75, 3.05) is 25.9 Å². The molecule has 1 fully saturated rings. The first-order chi connectivity index (χ1) is 7.69. The zero-order valence-electron chi connectivity index (χ0n) is 11.1. The fraction of sp³-hybridized carbons (Fsp3) is 0.429. The summed E-state index contributed by atoms with van der Waals surface area (Å²) in [5.41, 5.74) is 7.97. The third-order valence-corrected chi connectivity index (χ3v) is 2.71. The maximum atomic E-state index is 5.74. The maximum absolute atomic E-state index is 5.74. The number of nitrogen functional groups attached to an aromatic ring is 1. The number of benzene rings is 1. The van der Waals surface area contributed by atoms with Crippen molar-refractivity contribution in [1.82, 2.24) is 4.90 Å². The van der Waals surface area contributed by atoms with Crippen molar-refractivity contribution in [3.05, 3.63) is 43.7 Å². The number of hydrogen-bond donors (Lipinski definition) is 1. The molecule has 0 spiro atoms. The third-order valence-electron chi connectivity index (χ3n) is 2.71. The smallest absolute Gasteiger partial charge is 0.419 e. The van der Waals surface area contributed by atoms with Gasteiger partial charge in [0.25, 0.3) is 0 Å². The molecule has 0 atom stereocenters. The second-order valence-electron chi connectivity index (χ2n) is 4.13. The second-order valence-corrected chi connectivity index (χ2v) is 4.13. The van der Waals surface area contributed by atoms with E-state index >= 15 is 0 Å². The van der Waals surface area contributed by atoms with Crippen molar-refractivity contribution in [2.24, 2.45) is 0 Å². The van der Waals surface area contributed by atoms with Crippen LogP contribution in [0, 0.1) is 19.9 Å². The molecule has 3 heteroatoms. The quantitative estimate of drug-likeness (QED) is 0.427. The molecule has 1 aromatic carbocycles. The zero-order chi connectivity index (χ0) is 12.0. The predicted molar refractivity (Wildman–Crippen MR) is 69.9 cm³/mol. The molecule has 1 aromatic rings. The Kier molecular flexibility index (Phi) is 8.42. The fourth-order valence-electron chi connectivity index (χ4n) is 1.32. The van der Waals surface area contributed by atoms with Gasteiger partial charge in [-0.3, -0.25) is 0 Å². The van der Waals surface area contributed by atoms with E-state index in [0.29, 0.717) is 0 Å². The van der Waals surface area contributed by atoms with Crippen LogP contribution in [0.3, 0.4) is 0 Å². The summed E-state index contributed by atoms with van der Waals surface area (Å²) in [5.74, 6) is 0.748. The van der Waals surface area contributed by atoms with Crippen LogP contribution in [0.2, 0.25) is 0 Å². The van der Waals surface area contributed by atoms with E-state index in [1.807, 2.05) is 30.1 Å². The first kappa shape index (κ1) is 16.6. The van der Waals surface area contributed by atoms with Gasteiger partial charge in [-0.25, -0.2) is 0 Å². The molecule has 0 unspecified atom stereocenters. The number of nitrogens with two attached hydrogens (primary N) is 1. The Morgan fingerprint density at radius 2 is 2.00 bits per heavy atom. The van der Waals surface area contributed by atoms with E-state index in [2.05, 4.69) is 19.9 Å². The molecule has 0 bridgehead atoms. The monoisotopic (exact) mass is 224 g/mol. The van der Waals surface area contributed by atoms with Gasteiger partial charge in [-0.1, -0.05) is 24.4 Å². The van der Waals surface area contributed by atoms with E-state index in [9.17, 15) is 0 Å². The van der Waals surface area contributed by atoms with Crippen molar-refractivity contribution in [3.8, 4) is 0 Å². The number of hydrogen-bond acceptors (Lipinski definition) is 2. The molecule has 1 saturated carbocycles. The van der Waals surface area contributed by atoms with Crippen LogP contribution in [0.1, 0.15) is 24.3 Å². The maximum Gasteiger partial charge on any atom is 1.00 e. The van der Waals surface area contributed by atoms with Crippen LogP contribution in [0.15, 0.2) is 18.2 Å². The zero-order valence-corrected chi connectivity index (χ0v) is 11.1. The average Bonchev–Trinajstić information content (AvgIpc) is 3.13. The van der Waals surface area contributed by atoms with Gasteiger partial charge in [0.2, 0.25) is 0 Å². The van der Waals surface area contributed by atoms with Crippen LogP contribution in [-0.2, 0) is 0 Å². The summed E-state index contributed by atoms with van der Waals surface area (Å²) in [4.78, 5) is 2.03. The van der Waals surface area contributed by atoms with Gasteiger partial charge in [0, 0.05) is 0 Å². The summed E-state index contributed by atoms with van der Waals surface area (Å²) in [6, 6.07) is 8.84. The van der Waals surface area contributed by atoms with Crippen LogP contribution >= 0.6 is 0 Å². The van der Waals surface area contributed by atoms with Crippen molar-refractivity contribution in [1.29, 1.82) is 0 Å². The van der Waals surface area contributed by atoms with E-state index in [1.165, 1.54) is 18.4 Å². The Hall–Kier alpha value is -0.423. The summed E-state index contributed by atoms with van der Waals surface area (Å²) in [6.45, 7) is 8.99. The van der Waals surface area contributed by atoms with Crippen molar-refractivity contribution >= 4 is 5.69 Å². The van der Waals surface area contributed by atoms with Gasteiger partial charge in [0.1, 0.15) is 0 Å². The molecule has 2 nitrogen and oxygen atoms in total. The van der Waals surface area contributed by atoms with Crippen LogP contribution in [0.5, 0.6) is 0 Å². The average molecular weight is 224 g/mol. The van der Waals surface area contributed by atoms with Gasteiger partial charge in [-0.05, 0) is 7.05 Å². The van der Waals surface area contributed by atoms with Gasteiger partial charge in [-0.15, -0.1) is 24.7 Å². The topological polar surface area (TPSA) is 29.3 Å². The van der Waals surface area contributed by atoms with Gasteiger partial charge < -0.3 is 24.5 Å². The minimum atomic E-state index is 0. The Morgan fingerprint density at radius 1 is 1.41 bits per heavy atom. The molecule has 0 aromatic heterocycles. The molecule has 0 saturated heterocycles. The number of anilines is 1. The SMILES string of the molecule is Nc1cc[c-]cc1C1CC1.[CH2-]CN(C)C[CH2-].[Li+]. The molecular formula is C14H21LiN2-2. The summed E-state index contributed by atoms with van der Waals surface area (Å²) in [5, 5.41) is 0. The Bertz CT molecular complexity index is 307. The summed E-state index contributed by atoms with van der Waals surface area (Å²) in [6.07, 6.45) is 2.62. The number of nitrogens with zero attached hydrogens (tertiary/aromatic N) is 1. The molecule has 2 rings (SSSR count).